The van der Waals surface area contributed by atoms with Gasteiger partial charge in [0.05, 0.1) is 17.1 Å². The summed E-state index contributed by atoms with van der Waals surface area (Å²) in [6.07, 6.45) is 0.306. The molecule has 0 aromatic heterocycles. The first-order chi connectivity index (χ1) is 8.40. The maximum Gasteiger partial charge on any atom is 0.159 e. The van der Waals surface area contributed by atoms with E-state index < -0.39 is 15.1 Å². The summed E-state index contributed by atoms with van der Waals surface area (Å²) in [5.74, 6) is -0.0611. The quantitative estimate of drug-likeness (QED) is 0.864. The van der Waals surface area contributed by atoms with Crippen molar-refractivity contribution in [1.29, 1.82) is 0 Å². The van der Waals surface area contributed by atoms with Gasteiger partial charge in [0.1, 0.15) is 0 Å². The van der Waals surface area contributed by atoms with Gasteiger partial charge in [-0.05, 0) is 31.0 Å². The molecule has 1 heterocycles. The Balaban J connectivity index is 2.22. The monoisotopic (exact) mass is 289 g/mol. The first-order valence-corrected chi connectivity index (χ1v) is 7.86. The normalized spacial score (nSPS) is 24.3. The van der Waals surface area contributed by atoms with E-state index in [4.69, 9.17) is 22.1 Å². The topological polar surface area (TPSA) is 69.4 Å². The number of nitrogens with two attached hydrogens (primary N) is 1. The lowest BCUT2D eigenvalue weighted by molar-refractivity contribution is 0.126. The largest absolute Gasteiger partial charge is 0.398 e. The van der Waals surface area contributed by atoms with Gasteiger partial charge in [0.25, 0.3) is 0 Å². The van der Waals surface area contributed by atoms with Crippen LogP contribution >= 0.6 is 11.6 Å². The van der Waals surface area contributed by atoms with Crippen LogP contribution in [0, 0.1) is 0 Å². The van der Waals surface area contributed by atoms with Crippen molar-refractivity contribution in [3.8, 4) is 0 Å². The fourth-order valence-electron chi connectivity index (χ4n) is 2.20. The van der Waals surface area contributed by atoms with E-state index in [0.717, 1.165) is 0 Å². The Morgan fingerprint density at radius 3 is 2.78 bits per heavy atom. The van der Waals surface area contributed by atoms with Crippen molar-refractivity contribution < 1.29 is 13.2 Å². The average Bonchev–Trinajstić information content (AvgIpc) is 2.69. The predicted molar refractivity (Wildman–Crippen MR) is 72.3 cm³/mol. The molecule has 2 unspecified atom stereocenters. The minimum absolute atomic E-state index is 0.0611. The SMILES string of the molecule is CC1OCCC1S(=O)(=O)Cc1ccc(Cl)cc1N. The predicted octanol–water partition coefficient (Wildman–Crippen LogP) is 2.01. The Hall–Kier alpha value is -0.780. The molecule has 0 amide bonds. The van der Waals surface area contributed by atoms with Crippen LogP contribution in [0.4, 0.5) is 5.69 Å². The van der Waals surface area contributed by atoms with Crippen LogP contribution in [0.25, 0.3) is 0 Å². The van der Waals surface area contributed by atoms with Crippen molar-refractivity contribution in [3.05, 3.63) is 28.8 Å². The summed E-state index contributed by atoms with van der Waals surface area (Å²) < 4.78 is 29.9. The molecule has 1 aromatic rings. The van der Waals surface area contributed by atoms with Crippen LogP contribution in [-0.2, 0) is 20.3 Å². The van der Waals surface area contributed by atoms with E-state index in [-0.39, 0.29) is 11.9 Å². The molecule has 1 fully saturated rings. The molecule has 18 heavy (non-hydrogen) atoms. The summed E-state index contributed by atoms with van der Waals surface area (Å²) >= 11 is 5.79. The summed E-state index contributed by atoms with van der Waals surface area (Å²) in [6, 6.07) is 4.88. The van der Waals surface area contributed by atoms with E-state index in [0.29, 0.717) is 29.3 Å². The molecule has 0 spiro atoms. The van der Waals surface area contributed by atoms with Crippen molar-refractivity contribution in [2.75, 3.05) is 12.3 Å². The number of hydrogen-bond acceptors (Lipinski definition) is 4. The third-order valence-electron chi connectivity index (χ3n) is 3.23. The van der Waals surface area contributed by atoms with Crippen LogP contribution in [0.15, 0.2) is 18.2 Å². The van der Waals surface area contributed by atoms with Gasteiger partial charge in [0.2, 0.25) is 0 Å². The fourth-order valence-corrected chi connectivity index (χ4v) is 4.41. The number of hydrogen-bond donors (Lipinski definition) is 1. The van der Waals surface area contributed by atoms with Gasteiger partial charge in [-0.2, -0.15) is 0 Å². The first-order valence-electron chi connectivity index (χ1n) is 5.77. The lowest BCUT2D eigenvalue weighted by atomic mass is 10.2. The van der Waals surface area contributed by atoms with Gasteiger partial charge in [0, 0.05) is 17.3 Å². The summed E-state index contributed by atoms with van der Waals surface area (Å²) in [4.78, 5) is 0. The number of benzene rings is 1. The van der Waals surface area contributed by atoms with Gasteiger partial charge in [-0.3, -0.25) is 0 Å². The molecule has 1 aliphatic heterocycles. The van der Waals surface area contributed by atoms with E-state index >= 15 is 0 Å². The lowest BCUT2D eigenvalue weighted by Crippen LogP contribution is -2.29. The molecule has 1 saturated heterocycles. The van der Waals surface area contributed by atoms with E-state index in [2.05, 4.69) is 0 Å². The highest BCUT2D eigenvalue weighted by molar-refractivity contribution is 7.91. The van der Waals surface area contributed by atoms with E-state index in [1.807, 2.05) is 0 Å². The van der Waals surface area contributed by atoms with Gasteiger partial charge in [-0.25, -0.2) is 8.42 Å². The Kier molecular flexibility index (Phi) is 3.84. The second kappa shape index (κ2) is 5.07. The van der Waals surface area contributed by atoms with Crippen LogP contribution in [0.2, 0.25) is 5.02 Å². The minimum atomic E-state index is -3.25. The Morgan fingerprint density at radius 2 is 2.22 bits per heavy atom. The van der Waals surface area contributed by atoms with E-state index in [9.17, 15) is 8.42 Å². The molecule has 0 aliphatic carbocycles. The van der Waals surface area contributed by atoms with Crippen molar-refractivity contribution in [2.45, 2.75) is 30.5 Å². The van der Waals surface area contributed by atoms with Crippen LogP contribution in [0.3, 0.4) is 0 Å². The molecule has 0 saturated carbocycles. The van der Waals surface area contributed by atoms with Crippen LogP contribution in [0.1, 0.15) is 18.9 Å². The second-order valence-electron chi connectivity index (χ2n) is 4.55. The van der Waals surface area contributed by atoms with Crippen molar-refractivity contribution in [1.82, 2.24) is 0 Å². The van der Waals surface area contributed by atoms with Gasteiger partial charge >= 0.3 is 0 Å². The maximum absolute atomic E-state index is 12.3. The van der Waals surface area contributed by atoms with Crippen LogP contribution in [0.5, 0.6) is 0 Å². The number of anilines is 1. The van der Waals surface area contributed by atoms with Gasteiger partial charge in [-0.15, -0.1) is 0 Å². The molecular weight excluding hydrogens is 274 g/mol. The fraction of sp³-hybridized carbons (Fsp3) is 0.500. The van der Waals surface area contributed by atoms with Gasteiger partial charge < -0.3 is 10.5 Å². The summed E-state index contributed by atoms with van der Waals surface area (Å²) in [5, 5.41) is 0.0683. The van der Waals surface area contributed by atoms with E-state index in [1.54, 1.807) is 25.1 Å². The molecule has 4 nitrogen and oxygen atoms in total. The Bertz CT molecular complexity index is 544. The average molecular weight is 290 g/mol. The molecular formula is C12H16ClNO3S. The van der Waals surface area contributed by atoms with Crippen LogP contribution < -0.4 is 5.73 Å². The number of nitrogen functional groups attached to an aromatic ring is 1. The third kappa shape index (κ3) is 2.79. The maximum atomic E-state index is 12.3. The third-order valence-corrected chi connectivity index (χ3v) is 5.72. The molecule has 1 aliphatic rings. The molecule has 1 aromatic carbocycles. The highest BCUT2D eigenvalue weighted by Crippen LogP contribution is 2.26. The lowest BCUT2D eigenvalue weighted by Gasteiger charge is -2.15. The van der Waals surface area contributed by atoms with Crippen LogP contribution in [-0.4, -0.2) is 26.4 Å². The zero-order valence-electron chi connectivity index (χ0n) is 10.1. The molecule has 6 heteroatoms. The van der Waals surface area contributed by atoms with Crippen molar-refractivity contribution in [3.63, 3.8) is 0 Å². The zero-order chi connectivity index (χ0) is 13.3. The van der Waals surface area contributed by atoms with Gasteiger partial charge in [-0.1, -0.05) is 17.7 Å². The Labute approximate surface area is 112 Å². The minimum Gasteiger partial charge on any atom is -0.398 e. The van der Waals surface area contributed by atoms with Crippen molar-refractivity contribution in [2.24, 2.45) is 0 Å². The summed E-state index contributed by atoms with van der Waals surface area (Å²) in [5.41, 5.74) is 6.79. The zero-order valence-corrected chi connectivity index (χ0v) is 11.7. The molecule has 0 radical (unpaired) electrons. The number of halogens is 1. The Morgan fingerprint density at radius 1 is 1.50 bits per heavy atom. The number of sulfone groups is 1. The molecule has 2 N–H and O–H groups in total. The summed E-state index contributed by atoms with van der Waals surface area (Å²) in [6.45, 7) is 2.29. The molecule has 2 atom stereocenters. The molecule has 0 bridgehead atoms. The first kappa shape index (κ1) is 13.6. The second-order valence-corrected chi connectivity index (χ2v) is 7.21. The highest BCUT2D eigenvalue weighted by Gasteiger charge is 2.35. The molecule has 100 valence electrons. The number of rotatable bonds is 3. The number of ether oxygens (including phenoxy) is 1. The van der Waals surface area contributed by atoms with Crippen molar-refractivity contribution >= 4 is 27.1 Å². The molecule has 2 rings (SSSR count). The smallest absolute Gasteiger partial charge is 0.159 e. The standard InChI is InChI=1S/C12H16ClNO3S/c1-8-12(4-5-17-8)18(15,16)7-9-2-3-10(13)6-11(9)14/h2-3,6,8,12H,4-5,7,14H2,1H3. The van der Waals surface area contributed by atoms with Gasteiger partial charge in [0.15, 0.2) is 9.84 Å². The summed E-state index contributed by atoms with van der Waals surface area (Å²) in [7, 11) is -3.25. The van der Waals surface area contributed by atoms with E-state index in [1.165, 1.54) is 0 Å². The highest BCUT2D eigenvalue weighted by atomic mass is 35.5.